The van der Waals surface area contributed by atoms with Crippen LogP contribution in [0.1, 0.15) is 37.1 Å². The molecule has 0 radical (unpaired) electrons. The van der Waals surface area contributed by atoms with Crippen molar-refractivity contribution < 1.29 is 13.9 Å². The van der Waals surface area contributed by atoms with Gasteiger partial charge in [-0.2, -0.15) is 11.8 Å². The van der Waals surface area contributed by atoms with Crippen LogP contribution in [0.3, 0.4) is 0 Å². The number of esters is 1. The van der Waals surface area contributed by atoms with Crippen molar-refractivity contribution >= 4 is 17.7 Å². The summed E-state index contributed by atoms with van der Waals surface area (Å²) in [5.41, 5.74) is -0.483. The Morgan fingerprint density at radius 2 is 2.13 bits per heavy atom. The molecule has 0 spiro atoms. The lowest BCUT2D eigenvalue weighted by atomic mass is 10.2. The molecular weight excluding hydrogens is 212 g/mol. The molecule has 1 aromatic rings. The van der Waals surface area contributed by atoms with Gasteiger partial charge in [-0.3, -0.25) is 0 Å². The van der Waals surface area contributed by atoms with Gasteiger partial charge in [0.1, 0.15) is 11.4 Å². The van der Waals surface area contributed by atoms with Gasteiger partial charge in [0.25, 0.3) is 0 Å². The molecule has 1 rings (SSSR count). The van der Waals surface area contributed by atoms with Crippen molar-refractivity contribution in [1.82, 2.24) is 0 Å². The van der Waals surface area contributed by atoms with E-state index in [1.54, 1.807) is 23.9 Å². The van der Waals surface area contributed by atoms with Gasteiger partial charge in [-0.05, 0) is 39.2 Å². The van der Waals surface area contributed by atoms with Crippen molar-refractivity contribution in [3.63, 3.8) is 0 Å². The molecule has 0 aromatic carbocycles. The molecule has 0 bridgehead atoms. The maximum Gasteiger partial charge on any atom is 0.374 e. The summed E-state index contributed by atoms with van der Waals surface area (Å²) in [6, 6.07) is 3.45. The number of carbonyl (C=O) groups excluding carboxylic acids is 1. The molecule has 0 aliphatic heterocycles. The van der Waals surface area contributed by atoms with Gasteiger partial charge in [-0.1, -0.05) is 0 Å². The summed E-state index contributed by atoms with van der Waals surface area (Å²) in [7, 11) is 0. The number of ether oxygens (including phenoxy) is 1. The Morgan fingerprint density at radius 1 is 1.47 bits per heavy atom. The van der Waals surface area contributed by atoms with Crippen molar-refractivity contribution in [2.45, 2.75) is 32.1 Å². The van der Waals surface area contributed by atoms with E-state index in [-0.39, 0.29) is 5.76 Å². The molecule has 0 atom stereocenters. The molecule has 4 heteroatoms. The topological polar surface area (TPSA) is 39.4 Å². The van der Waals surface area contributed by atoms with Crippen LogP contribution in [0.15, 0.2) is 16.5 Å². The van der Waals surface area contributed by atoms with Crippen LogP contribution in [-0.4, -0.2) is 17.8 Å². The van der Waals surface area contributed by atoms with Gasteiger partial charge in [0, 0.05) is 0 Å². The van der Waals surface area contributed by atoms with Gasteiger partial charge in [0.05, 0.1) is 5.75 Å². The molecule has 84 valence electrons. The first kappa shape index (κ1) is 12.2. The minimum Gasteiger partial charge on any atom is -0.454 e. The summed E-state index contributed by atoms with van der Waals surface area (Å²) in [4.78, 5) is 11.6. The van der Waals surface area contributed by atoms with Crippen molar-refractivity contribution in [1.29, 1.82) is 0 Å². The molecule has 0 aliphatic rings. The maximum absolute atomic E-state index is 11.6. The smallest absolute Gasteiger partial charge is 0.374 e. The monoisotopic (exact) mass is 228 g/mol. The third-order valence-corrected chi connectivity index (χ3v) is 2.12. The lowest BCUT2D eigenvalue weighted by molar-refractivity contribution is 0.00347. The Morgan fingerprint density at radius 3 is 2.67 bits per heavy atom. The summed E-state index contributed by atoms with van der Waals surface area (Å²) >= 11 is 1.65. The molecule has 0 saturated heterocycles. The molecule has 0 unspecified atom stereocenters. The second kappa shape index (κ2) is 4.75. The Balaban J connectivity index is 2.66. The number of carbonyl (C=O) groups is 1. The Bertz CT molecular complexity index is 336. The first-order valence-corrected chi connectivity index (χ1v) is 6.13. The highest BCUT2D eigenvalue weighted by molar-refractivity contribution is 7.97. The highest BCUT2D eigenvalue weighted by atomic mass is 32.2. The van der Waals surface area contributed by atoms with Crippen molar-refractivity contribution in [2.75, 3.05) is 6.26 Å². The van der Waals surface area contributed by atoms with Gasteiger partial charge in [0.2, 0.25) is 5.76 Å². The predicted molar refractivity (Wildman–Crippen MR) is 61.1 cm³/mol. The fraction of sp³-hybridized carbons (Fsp3) is 0.545. The van der Waals surface area contributed by atoms with E-state index in [9.17, 15) is 4.79 Å². The largest absolute Gasteiger partial charge is 0.454 e. The Hall–Kier alpha value is -0.900. The Labute approximate surface area is 94.2 Å². The van der Waals surface area contributed by atoms with E-state index < -0.39 is 11.6 Å². The van der Waals surface area contributed by atoms with Crippen LogP contribution in [0.5, 0.6) is 0 Å². The van der Waals surface area contributed by atoms with Gasteiger partial charge in [0.15, 0.2) is 0 Å². The zero-order valence-corrected chi connectivity index (χ0v) is 10.3. The van der Waals surface area contributed by atoms with Crippen LogP contribution in [0, 0.1) is 0 Å². The van der Waals surface area contributed by atoms with Crippen LogP contribution >= 0.6 is 11.8 Å². The Kier molecular flexibility index (Phi) is 3.85. The van der Waals surface area contributed by atoms with Crippen LogP contribution < -0.4 is 0 Å². The molecule has 0 aliphatic carbocycles. The second-order valence-electron chi connectivity index (χ2n) is 4.20. The van der Waals surface area contributed by atoms with Gasteiger partial charge in [-0.15, -0.1) is 0 Å². The summed E-state index contributed by atoms with van der Waals surface area (Å²) in [6.45, 7) is 5.49. The number of hydrogen-bond acceptors (Lipinski definition) is 4. The summed E-state index contributed by atoms with van der Waals surface area (Å²) in [6.07, 6.45) is 1.98. The van der Waals surface area contributed by atoms with Crippen molar-refractivity contribution in [2.24, 2.45) is 0 Å². The summed E-state index contributed by atoms with van der Waals surface area (Å²) < 4.78 is 10.5. The van der Waals surface area contributed by atoms with E-state index in [2.05, 4.69) is 0 Å². The van der Waals surface area contributed by atoms with E-state index in [0.717, 1.165) is 11.5 Å². The maximum atomic E-state index is 11.6. The van der Waals surface area contributed by atoms with Gasteiger partial charge in [-0.25, -0.2) is 4.79 Å². The number of thioether (sulfide) groups is 1. The fourth-order valence-electron chi connectivity index (χ4n) is 1.04. The first-order valence-electron chi connectivity index (χ1n) is 4.73. The molecule has 3 nitrogen and oxygen atoms in total. The molecule has 0 fully saturated rings. The van der Waals surface area contributed by atoms with Crippen LogP contribution in [0.2, 0.25) is 0 Å². The third-order valence-electron chi connectivity index (χ3n) is 1.55. The normalized spacial score (nSPS) is 11.5. The molecule has 0 N–H and O–H groups in total. The average molecular weight is 228 g/mol. The SMILES string of the molecule is CSCc1ccc(C(=O)OC(C)(C)C)o1. The molecule has 1 aromatic heterocycles. The van der Waals surface area contributed by atoms with Gasteiger partial charge < -0.3 is 9.15 Å². The first-order chi connectivity index (χ1) is 6.92. The number of rotatable bonds is 3. The minimum absolute atomic E-state index is 0.272. The quantitative estimate of drug-likeness (QED) is 0.745. The molecule has 0 amide bonds. The molecule has 1 heterocycles. The van der Waals surface area contributed by atoms with E-state index in [1.165, 1.54) is 0 Å². The number of hydrogen-bond donors (Lipinski definition) is 0. The molecule has 0 saturated carbocycles. The van der Waals surface area contributed by atoms with E-state index in [1.807, 2.05) is 27.0 Å². The van der Waals surface area contributed by atoms with Crippen LogP contribution in [0.4, 0.5) is 0 Å². The number of furan rings is 1. The molecule has 15 heavy (non-hydrogen) atoms. The highest BCUT2D eigenvalue weighted by Crippen LogP contribution is 2.17. The van der Waals surface area contributed by atoms with Gasteiger partial charge >= 0.3 is 5.97 Å². The fourth-order valence-corrected chi connectivity index (χ4v) is 1.48. The average Bonchev–Trinajstić information content (AvgIpc) is 2.50. The highest BCUT2D eigenvalue weighted by Gasteiger charge is 2.20. The summed E-state index contributed by atoms with van der Waals surface area (Å²) in [5, 5.41) is 0. The lowest BCUT2D eigenvalue weighted by Gasteiger charge is -2.18. The summed E-state index contributed by atoms with van der Waals surface area (Å²) in [5.74, 6) is 1.43. The standard InChI is InChI=1S/C11H16O3S/c1-11(2,3)14-10(12)9-6-5-8(13-9)7-15-4/h5-6H,7H2,1-4H3. The van der Waals surface area contributed by atoms with Crippen molar-refractivity contribution in [3.8, 4) is 0 Å². The van der Waals surface area contributed by atoms with Crippen LogP contribution in [0.25, 0.3) is 0 Å². The lowest BCUT2D eigenvalue weighted by Crippen LogP contribution is -2.23. The zero-order chi connectivity index (χ0) is 11.5. The zero-order valence-electron chi connectivity index (χ0n) is 9.49. The second-order valence-corrected chi connectivity index (χ2v) is 5.07. The molecular formula is C11H16O3S. The van der Waals surface area contributed by atoms with E-state index in [0.29, 0.717) is 0 Å². The third kappa shape index (κ3) is 4.00. The predicted octanol–water partition coefficient (Wildman–Crippen LogP) is 3.10. The van der Waals surface area contributed by atoms with Crippen molar-refractivity contribution in [3.05, 3.63) is 23.7 Å². The van der Waals surface area contributed by atoms with E-state index >= 15 is 0 Å². The van der Waals surface area contributed by atoms with E-state index in [4.69, 9.17) is 9.15 Å². The minimum atomic E-state index is -0.483. The van der Waals surface area contributed by atoms with Crippen LogP contribution in [-0.2, 0) is 10.5 Å².